The number of hydrogen-bond acceptors (Lipinski definition) is 3. The van der Waals surface area contributed by atoms with E-state index in [0.717, 1.165) is 0 Å². The number of benzene rings is 1. The number of anilines is 1. The van der Waals surface area contributed by atoms with E-state index in [1.807, 2.05) is 13.8 Å². The second-order valence-electron chi connectivity index (χ2n) is 4.44. The van der Waals surface area contributed by atoms with Crippen LogP contribution in [0.4, 0.5) is 5.69 Å². The summed E-state index contributed by atoms with van der Waals surface area (Å²) in [4.78, 5) is 22.5. The number of carboxylic acid groups (broad SMARTS) is 1. The zero-order chi connectivity index (χ0) is 14.4. The second kappa shape index (κ2) is 7.11. The SMILES string of the molecule is CC(C)NCCC(=O)Nc1cc(Cl)cc(C(=O)O)c1. The highest BCUT2D eigenvalue weighted by Crippen LogP contribution is 2.19. The molecule has 0 saturated heterocycles. The van der Waals surface area contributed by atoms with Gasteiger partial charge in [-0.25, -0.2) is 4.79 Å². The van der Waals surface area contributed by atoms with Crippen molar-refractivity contribution in [1.29, 1.82) is 0 Å². The number of carbonyl (C=O) groups is 2. The van der Waals surface area contributed by atoms with Gasteiger partial charge in [-0.1, -0.05) is 25.4 Å². The molecule has 6 heteroatoms. The minimum absolute atomic E-state index is 0.0445. The van der Waals surface area contributed by atoms with Gasteiger partial charge in [0.25, 0.3) is 0 Å². The molecule has 0 atom stereocenters. The van der Waals surface area contributed by atoms with E-state index in [1.54, 1.807) is 0 Å². The summed E-state index contributed by atoms with van der Waals surface area (Å²) in [5, 5.41) is 14.9. The number of rotatable bonds is 6. The van der Waals surface area contributed by atoms with Gasteiger partial charge in [-0.05, 0) is 18.2 Å². The van der Waals surface area contributed by atoms with Crippen LogP contribution in [0.25, 0.3) is 0 Å². The lowest BCUT2D eigenvalue weighted by atomic mass is 10.2. The van der Waals surface area contributed by atoms with E-state index >= 15 is 0 Å². The molecule has 19 heavy (non-hydrogen) atoms. The highest BCUT2D eigenvalue weighted by molar-refractivity contribution is 6.31. The average molecular weight is 285 g/mol. The van der Waals surface area contributed by atoms with E-state index in [2.05, 4.69) is 10.6 Å². The zero-order valence-electron chi connectivity index (χ0n) is 10.9. The Morgan fingerprint density at radius 2 is 2.00 bits per heavy atom. The maximum Gasteiger partial charge on any atom is 0.335 e. The summed E-state index contributed by atoms with van der Waals surface area (Å²) in [6.07, 6.45) is 0.313. The van der Waals surface area contributed by atoms with Crippen molar-refractivity contribution in [3.8, 4) is 0 Å². The van der Waals surface area contributed by atoms with Gasteiger partial charge in [0.05, 0.1) is 5.56 Å². The molecule has 0 aliphatic carbocycles. The summed E-state index contributed by atoms with van der Waals surface area (Å²) in [6, 6.07) is 4.54. The number of nitrogens with one attached hydrogen (secondary N) is 2. The van der Waals surface area contributed by atoms with E-state index < -0.39 is 5.97 Å². The third-order valence-electron chi connectivity index (χ3n) is 2.33. The maximum absolute atomic E-state index is 11.6. The number of aromatic carboxylic acids is 1. The summed E-state index contributed by atoms with van der Waals surface area (Å²) in [6.45, 7) is 4.55. The molecule has 3 N–H and O–H groups in total. The number of carboxylic acids is 1. The number of carbonyl (C=O) groups excluding carboxylic acids is 1. The Hall–Kier alpha value is -1.59. The first-order chi connectivity index (χ1) is 8.88. The molecule has 0 radical (unpaired) electrons. The van der Waals surface area contributed by atoms with Crippen molar-refractivity contribution in [2.45, 2.75) is 26.3 Å². The van der Waals surface area contributed by atoms with Crippen molar-refractivity contribution in [3.05, 3.63) is 28.8 Å². The maximum atomic E-state index is 11.6. The molecule has 5 nitrogen and oxygen atoms in total. The molecule has 1 aromatic carbocycles. The topological polar surface area (TPSA) is 78.4 Å². The number of amides is 1. The Kier molecular flexibility index (Phi) is 5.79. The van der Waals surface area contributed by atoms with Crippen molar-refractivity contribution >= 4 is 29.2 Å². The lowest BCUT2D eigenvalue weighted by Gasteiger charge is -2.09. The smallest absolute Gasteiger partial charge is 0.335 e. The lowest BCUT2D eigenvalue weighted by molar-refractivity contribution is -0.116. The fourth-order valence-electron chi connectivity index (χ4n) is 1.48. The first kappa shape index (κ1) is 15.5. The van der Waals surface area contributed by atoms with Gasteiger partial charge in [-0.15, -0.1) is 0 Å². The van der Waals surface area contributed by atoms with Gasteiger partial charge in [0.1, 0.15) is 0 Å². The standard InChI is InChI=1S/C13H17ClN2O3/c1-8(2)15-4-3-12(17)16-11-6-9(13(18)19)5-10(14)7-11/h5-8,15H,3-4H2,1-2H3,(H,16,17)(H,18,19). The van der Waals surface area contributed by atoms with E-state index in [1.165, 1.54) is 18.2 Å². The van der Waals surface area contributed by atoms with Crippen LogP contribution in [0.15, 0.2) is 18.2 Å². The normalized spacial score (nSPS) is 10.5. The molecular weight excluding hydrogens is 268 g/mol. The van der Waals surface area contributed by atoms with Crippen LogP contribution in [0, 0.1) is 0 Å². The van der Waals surface area contributed by atoms with Crippen LogP contribution in [0.2, 0.25) is 5.02 Å². The lowest BCUT2D eigenvalue weighted by Crippen LogP contribution is -2.27. The van der Waals surface area contributed by atoms with E-state index in [4.69, 9.17) is 16.7 Å². The predicted molar refractivity (Wildman–Crippen MR) is 74.8 cm³/mol. The van der Waals surface area contributed by atoms with Crippen LogP contribution in [-0.4, -0.2) is 29.6 Å². The first-order valence-electron chi connectivity index (χ1n) is 5.95. The molecule has 1 amide bonds. The third-order valence-corrected chi connectivity index (χ3v) is 2.55. The molecule has 0 aromatic heterocycles. The van der Waals surface area contributed by atoms with Gasteiger partial charge < -0.3 is 15.7 Å². The fourth-order valence-corrected chi connectivity index (χ4v) is 1.72. The van der Waals surface area contributed by atoms with Crippen molar-refractivity contribution in [3.63, 3.8) is 0 Å². The highest BCUT2D eigenvalue weighted by atomic mass is 35.5. The van der Waals surface area contributed by atoms with Crippen molar-refractivity contribution in [2.75, 3.05) is 11.9 Å². The summed E-state index contributed by atoms with van der Waals surface area (Å²) in [5.74, 6) is -1.27. The zero-order valence-corrected chi connectivity index (χ0v) is 11.6. The Morgan fingerprint density at radius 3 is 2.58 bits per heavy atom. The monoisotopic (exact) mass is 284 g/mol. The average Bonchev–Trinajstić information content (AvgIpc) is 2.27. The predicted octanol–water partition coefficient (Wildman–Crippen LogP) is 2.36. The molecular formula is C13H17ClN2O3. The minimum atomic E-state index is -1.08. The van der Waals surface area contributed by atoms with Gasteiger partial charge in [-0.2, -0.15) is 0 Å². The number of hydrogen-bond donors (Lipinski definition) is 3. The number of halogens is 1. The molecule has 0 aliphatic rings. The molecule has 0 spiro atoms. The van der Waals surface area contributed by atoms with E-state index in [-0.39, 0.29) is 16.5 Å². The minimum Gasteiger partial charge on any atom is -0.478 e. The highest BCUT2D eigenvalue weighted by Gasteiger charge is 2.08. The Morgan fingerprint density at radius 1 is 1.32 bits per heavy atom. The molecule has 0 fully saturated rings. The Labute approximate surface area is 117 Å². The first-order valence-corrected chi connectivity index (χ1v) is 6.33. The van der Waals surface area contributed by atoms with E-state index in [9.17, 15) is 9.59 Å². The molecule has 1 aromatic rings. The molecule has 0 saturated carbocycles. The molecule has 0 aliphatic heterocycles. The van der Waals surface area contributed by atoms with Gasteiger partial charge in [0.2, 0.25) is 5.91 Å². The summed E-state index contributed by atoms with van der Waals surface area (Å²) < 4.78 is 0. The van der Waals surface area contributed by atoms with Gasteiger partial charge in [0.15, 0.2) is 0 Å². The van der Waals surface area contributed by atoms with Crippen LogP contribution >= 0.6 is 11.6 Å². The Bertz CT molecular complexity index is 475. The largest absolute Gasteiger partial charge is 0.478 e. The molecule has 0 bridgehead atoms. The summed E-state index contributed by atoms with van der Waals surface area (Å²) in [5.41, 5.74) is 0.433. The van der Waals surface area contributed by atoms with Crippen LogP contribution in [0.5, 0.6) is 0 Å². The van der Waals surface area contributed by atoms with Crippen LogP contribution in [0.1, 0.15) is 30.6 Å². The second-order valence-corrected chi connectivity index (χ2v) is 4.88. The summed E-state index contributed by atoms with van der Waals surface area (Å²) >= 11 is 5.80. The van der Waals surface area contributed by atoms with Crippen molar-refractivity contribution < 1.29 is 14.7 Å². The van der Waals surface area contributed by atoms with Gasteiger partial charge in [0, 0.05) is 29.7 Å². The van der Waals surface area contributed by atoms with Gasteiger partial charge >= 0.3 is 5.97 Å². The third kappa shape index (κ3) is 5.72. The molecule has 104 valence electrons. The quantitative estimate of drug-likeness (QED) is 0.749. The van der Waals surface area contributed by atoms with Crippen LogP contribution in [0.3, 0.4) is 0 Å². The molecule has 0 unspecified atom stereocenters. The van der Waals surface area contributed by atoms with Crippen LogP contribution in [-0.2, 0) is 4.79 Å². The van der Waals surface area contributed by atoms with Gasteiger partial charge in [-0.3, -0.25) is 4.79 Å². The summed E-state index contributed by atoms with van der Waals surface area (Å²) in [7, 11) is 0. The van der Waals surface area contributed by atoms with Crippen LogP contribution < -0.4 is 10.6 Å². The van der Waals surface area contributed by atoms with Crippen molar-refractivity contribution in [1.82, 2.24) is 5.32 Å². The Balaban J connectivity index is 2.61. The van der Waals surface area contributed by atoms with Crippen molar-refractivity contribution in [2.24, 2.45) is 0 Å². The molecule has 0 heterocycles. The fraction of sp³-hybridized carbons (Fsp3) is 0.385. The van der Waals surface area contributed by atoms with E-state index in [0.29, 0.717) is 24.7 Å². The molecule has 1 rings (SSSR count).